The number of phenolic OH excluding ortho intramolecular Hbond substituents is 1. The van der Waals surface area contributed by atoms with Gasteiger partial charge in [0, 0.05) is 12.1 Å². The predicted molar refractivity (Wildman–Crippen MR) is 82.2 cm³/mol. The van der Waals surface area contributed by atoms with Crippen molar-refractivity contribution in [2.24, 2.45) is 0 Å². The van der Waals surface area contributed by atoms with Crippen LogP contribution in [-0.2, 0) is 6.54 Å². The molecule has 0 spiro atoms. The van der Waals surface area contributed by atoms with Crippen LogP contribution in [0, 0.1) is 5.82 Å². The molecule has 0 saturated heterocycles. The molecule has 0 heterocycles. The number of aromatic hydroxyl groups is 1. The Labute approximate surface area is 145 Å². The van der Waals surface area contributed by atoms with Gasteiger partial charge >= 0.3 is 6.18 Å². The molecule has 134 valence electrons. The number of benzene rings is 2. The van der Waals surface area contributed by atoms with Gasteiger partial charge in [-0.05, 0) is 29.8 Å². The van der Waals surface area contributed by atoms with Crippen molar-refractivity contribution in [2.45, 2.75) is 12.7 Å². The second-order valence-electron chi connectivity index (χ2n) is 5.02. The van der Waals surface area contributed by atoms with E-state index in [4.69, 9.17) is 11.6 Å². The van der Waals surface area contributed by atoms with Crippen molar-refractivity contribution in [1.29, 1.82) is 0 Å². The molecule has 2 N–H and O–H groups in total. The Morgan fingerprint density at radius 1 is 1.20 bits per heavy atom. The van der Waals surface area contributed by atoms with Gasteiger partial charge in [-0.1, -0.05) is 23.7 Å². The maximum Gasteiger partial charge on any atom is 0.422 e. The predicted octanol–water partition coefficient (Wildman–Crippen LogP) is 4.06. The summed E-state index contributed by atoms with van der Waals surface area (Å²) in [6.45, 7) is -1.34. The van der Waals surface area contributed by atoms with Crippen LogP contribution in [0.5, 0.6) is 11.5 Å². The highest BCUT2D eigenvalue weighted by Gasteiger charge is 2.28. The third kappa shape index (κ3) is 5.53. The van der Waals surface area contributed by atoms with Crippen LogP contribution in [0.3, 0.4) is 0 Å². The SMILES string of the molecule is O=C(NCc1ccc(OCC(F)(F)F)cc1)c1cc(F)c(O)c(Cl)c1. The smallest absolute Gasteiger partial charge is 0.422 e. The molecule has 0 radical (unpaired) electrons. The lowest BCUT2D eigenvalue weighted by molar-refractivity contribution is -0.153. The molecule has 0 aliphatic carbocycles. The van der Waals surface area contributed by atoms with Crippen LogP contribution in [0.25, 0.3) is 0 Å². The molecule has 0 atom stereocenters. The van der Waals surface area contributed by atoms with Crippen LogP contribution in [0.1, 0.15) is 15.9 Å². The van der Waals surface area contributed by atoms with Gasteiger partial charge in [0.25, 0.3) is 5.91 Å². The highest BCUT2D eigenvalue weighted by atomic mass is 35.5. The number of nitrogens with one attached hydrogen (secondary N) is 1. The summed E-state index contributed by atoms with van der Waals surface area (Å²) in [5, 5.41) is 11.4. The quantitative estimate of drug-likeness (QED) is 0.773. The minimum atomic E-state index is -4.42. The minimum absolute atomic E-state index is 0.0415. The summed E-state index contributed by atoms with van der Waals surface area (Å²) in [7, 11) is 0. The Hall–Kier alpha value is -2.48. The lowest BCUT2D eigenvalue weighted by Crippen LogP contribution is -2.23. The molecule has 1 amide bonds. The van der Waals surface area contributed by atoms with E-state index in [0.29, 0.717) is 5.56 Å². The first-order valence-electron chi connectivity index (χ1n) is 6.90. The number of carbonyl (C=O) groups excluding carboxylic acids is 1. The van der Waals surface area contributed by atoms with E-state index in [2.05, 4.69) is 10.1 Å². The maximum absolute atomic E-state index is 13.4. The average Bonchev–Trinajstić information content (AvgIpc) is 2.55. The molecule has 0 fully saturated rings. The molecule has 0 bridgehead atoms. The minimum Gasteiger partial charge on any atom is -0.504 e. The van der Waals surface area contributed by atoms with Crippen LogP contribution in [-0.4, -0.2) is 23.8 Å². The Bertz CT molecular complexity index is 740. The second kappa shape index (κ2) is 7.60. The van der Waals surface area contributed by atoms with Gasteiger partial charge in [-0.25, -0.2) is 4.39 Å². The van der Waals surface area contributed by atoms with Crippen molar-refractivity contribution in [2.75, 3.05) is 6.61 Å². The molecule has 9 heteroatoms. The van der Waals surface area contributed by atoms with Gasteiger partial charge in [0.2, 0.25) is 0 Å². The molecule has 0 unspecified atom stereocenters. The first-order valence-corrected chi connectivity index (χ1v) is 7.28. The zero-order chi connectivity index (χ0) is 18.6. The largest absolute Gasteiger partial charge is 0.504 e. The van der Waals surface area contributed by atoms with Gasteiger partial charge in [0.15, 0.2) is 18.2 Å². The Kier molecular flexibility index (Phi) is 5.73. The third-order valence-corrected chi connectivity index (χ3v) is 3.35. The number of ether oxygens (including phenoxy) is 1. The highest BCUT2D eigenvalue weighted by molar-refractivity contribution is 6.32. The fraction of sp³-hybridized carbons (Fsp3) is 0.188. The topological polar surface area (TPSA) is 58.6 Å². The van der Waals surface area contributed by atoms with Gasteiger partial charge in [-0.15, -0.1) is 0 Å². The van der Waals surface area contributed by atoms with Crippen molar-refractivity contribution < 1.29 is 32.2 Å². The lowest BCUT2D eigenvalue weighted by atomic mass is 10.1. The summed E-state index contributed by atoms with van der Waals surface area (Å²) in [6, 6.07) is 7.59. The van der Waals surface area contributed by atoms with Crippen molar-refractivity contribution in [3.8, 4) is 11.5 Å². The molecular weight excluding hydrogens is 366 g/mol. The molecule has 2 aromatic rings. The normalized spacial score (nSPS) is 11.2. The third-order valence-electron chi connectivity index (χ3n) is 3.06. The van der Waals surface area contributed by atoms with Crippen LogP contribution in [0.4, 0.5) is 17.6 Å². The van der Waals surface area contributed by atoms with Crippen LogP contribution in [0.2, 0.25) is 5.02 Å². The lowest BCUT2D eigenvalue weighted by Gasteiger charge is -2.10. The van der Waals surface area contributed by atoms with E-state index in [0.717, 1.165) is 12.1 Å². The first-order chi connectivity index (χ1) is 11.7. The molecule has 2 rings (SSSR count). The summed E-state index contributed by atoms with van der Waals surface area (Å²) in [5.41, 5.74) is 0.517. The second-order valence-corrected chi connectivity index (χ2v) is 5.43. The molecule has 4 nitrogen and oxygen atoms in total. The number of carbonyl (C=O) groups is 1. The van der Waals surface area contributed by atoms with E-state index in [-0.39, 0.29) is 22.9 Å². The molecule has 2 aromatic carbocycles. The zero-order valence-corrected chi connectivity index (χ0v) is 13.3. The summed E-state index contributed by atoms with van der Waals surface area (Å²) < 4.78 is 54.1. The van der Waals surface area contributed by atoms with Crippen molar-refractivity contribution in [1.82, 2.24) is 5.32 Å². The Balaban J connectivity index is 1.94. The number of halogens is 5. The van der Waals surface area contributed by atoms with Gasteiger partial charge < -0.3 is 15.2 Å². The summed E-state index contributed by atoms with van der Waals surface area (Å²) in [5.74, 6) is -2.35. The van der Waals surface area contributed by atoms with Crippen LogP contribution < -0.4 is 10.1 Å². The van der Waals surface area contributed by atoms with Crippen LogP contribution in [0.15, 0.2) is 36.4 Å². The fourth-order valence-corrected chi connectivity index (χ4v) is 2.06. The number of hydrogen-bond donors (Lipinski definition) is 2. The molecule has 0 saturated carbocycles. The number of rotatable bonds is 5. The standard InChI is InChI=1S/C16H12ClF4NO3/c17-12-5-10(6-13(18)14(12)23)15(24)22-7-9-1-3-11(4-2-9)25-8-16(19,20)21/h1-6,23H,7-8H2,(H,22,24). The van der Waals surface area contributed by atoms with E-state index < -0.39 is 30.3 Å². The Morgan fingerprint density at radius 3 is 2.40 bits per heavy atom. The zero-order valence-electron chi connectivity index (χ0n) is 12.5. The molecule has 25 heavy (non-hydrogen) atoms. The maximum atomic E-state index is 13.4. The first kappa shape index (κ1) is 18.9. The molecular formula is C16H12ClF4NO3. The molecule has 0 aliphatic rings. The molecule has 0 aromatic heterocycles. The van der Waals surface area contributed by atoms with E-state index in [1.54, 1.807) is 0 Å². The van der Waals surface area contributed by atoms with E-state index in [1.165, 1.54) is 24.3 Å². The fourth-order valence-electron chi connectivity index (χ4n) is 1.85. The van der Waals surface area contributed by atoms with Crippen molar-refractivity contribution >= 4 is 17.5 Å². The van der Waals surface area contributed by atoms with Gasteiger partial charge in [-0.3, -0.25) is 4.79 Å². The van der Waals surface area contributed by atoms with Crippen molar-refractivity contribution in [3.63, 3.8) is 0 Å². The van der Waals surface area contributed by atoms with Crippen molar-refractivity contribution in [3.05, 3.63) is 58.4 Å². The van der Waals surface area contributed by atoms with Gasteiger partial charge in [0.1, 0.15) is 5.75 Å². The number of hydrogen-bond acceptors (Lipinski definition) is 3. The molecule has 0 aliphatic heterocycles. The van der Waals surface area contributed by atoms with Crippen LogP contribution >= 0.6 is 11.6 Å². The monoisotopic (exact) mass is 377 g/mol. The van der Waals surface area contributed by atoms with E-state index in [1.807, 2.05) is 0 Å². The summed E-state index contributed by atoms with van der Waals surface area (Å²) in [6.07, 6.45) is -4.42. The Morgan fingerprint density at radius 2 is 1.84 bits per heavy atom. The summed E-state index contributed by atoms with van der Waals surface area (Å²) >= 11 is 5.60. The van der Waals surface area contributed by atoms with Gasteiger partial charge in [0.05, 0.1) is 5.02 Å². The average molecular weight is 378 g/mol. The number of phenols is 1. The highest BCUT2D eigenvalue weighted by Crippen LogP contribution is 2.27. The van der Waals surface area contributed by atoms with Gasteiger partial charge in [-0.2, -0.15) is 13.2 Å². The number of alkyl halides is 3. The van der Waals surface area contributed by atoms with E-state index >= 15 is 0 Å². The summed E-state index contributed by atoms with van der Waals surface area (Å²) in [4.78, 5) is 11.9. The number of amides is 1. The van der Waals surface area contributed by atoms with E-state index in [9.17, 15) is 27.5 Å².